The topological polar surface area (TPSA) is 99.2 Å². The van der Waals surface area contributed by atoms with E-state index >= 15 is 0 Å². The molecule has 9 heteroatoms. The van der Waals surface area contributed by atoms with Gasteiger partial charge in [0.05, 0.1) is 18.0 Å². The largest absolute Gasteiger partial charge is 0.457 e. The van der Waals surface area contributed by atoms with Crippen molar-refractivity contribution in [2.75, 3.05) is 12.3 Å². The van der Waals surface area contributed by atoms with Crippen LogP contribution in [0.15, 0.2) is 73.3 Å². The lowest BCUT2D eigenvalue weighted by molar-refractivity contribution is -0.129. The van der Waals surface area contributed by atoms with Crippen molar-refractivity contribution in [2.45, 2.75) is 25.4 Å². The molecule has 5 rings (SSSR count). The summed E-state index contributed by atoms with van der Waals surface area (Å²) >= 11 is 0. The molecule has 3 heterocycles. The van der Waals surface area contributed by atoms with E-state index in [1.54, 1.807) is 4.68 Å². The summed E-state index contributed by atoms with van der Waals surface area (Å²) in [5.41, 5.74) is 8.22. The van der Waals surface area contributed by atoms with E-state index in [2.05, 4.69) is 16.5 Å². The number of likely N-dealkylation sites (tertiary alicyclic amines) is 1. The number of ether oxygens (including phenoxy) is 1. The van der Waals surface area contributed by atoms with Crippen molar-refractivity contribution in [3.05, 3.63) is 73.3 Å². The number of anilines is 1. The summed E-state index contributed by atoms with van der Waals surface area (Å²) in [6.45, 7) is 4.00. The zero-order chi connectivity index (χ0) is 23.7. The average molecular weight is 458 g/mol. The van der Waals surface area contributed by atoms with E-state index < -0.39 is 11.7 Å². The van der Waals surface area contributed by atoms with Gasteiger partial charge in [-0.3, -0.25) is 4.79 Å². The van der Waals surface area contributed by atoms with E-state index in [9.17, 15) is 9.18 Å². The van der Waals surface area contributed by atoms with E-state index in [0.717, 1.165) is 24.2 Å². The number of nitrogens with two attached hydrogens (primary N) is 1. The van der Waals surface area contributed by atoms with Crippen molar-refractivity contribution in [3.63, 3.8) is 0 Å². The number of amides is 1. The first-order chi connectivity index (χ1) is 16.5. The van der Waals surface area contributed by atoms with Gasteiger partial charge < -0.3 is 15.4 Å². The molecular weight excluding hydrogens is 435 g/mol. The lowest BCUT2D eigenvalue weighted by atomic mass is 10.1. The fraction of sp³-hybridized carbons (Fsp3) is 0.200. The van der Waals surface area contributed by atoms with E-state index in [1.807, 2.05) is 54.6 Å². The Morgan fingerprint density at radius 1 is 1.12 bits per heavy atom. The number of nitrogen functional groups attached to an aromatic ring is 1. The Labute approximate surface area is 195 Å². The molecule has 4 aromatic rings. The molecule has 2 aromatic heterocycles. The first-order valence-corrected chi connectivity index (χ1v) is 11.0. The second-order valence-corrected chi connectivity index (χ2v) is 8.13. The first kappa shape index (κ1) is 21.6. The number of aromatic nitrogens is 4. The Bertz CT molecular complexity index is 1350. The van der Waals surface area contributed by atoms with Crippen LogP contribution in [0.1, 0.15) is 12.8 Å². The number of carbonyl (C=O) groups excluding carboxylic acids is 1. The molecule has 1 atom stereocenters. The van der Waals surface area contributed by atoms with Crippen LogP contribution in [0.3, 0.4) is 0 Å². The molecule has 1 aliphatic heterocycles. The van der Waals surface area contributed by atoms with Gasteiger partial charge in [-0.05, 0) is 49.2 Å². The first-order valence-electron chi connectivity index (χ1n) is 11.0. The van der Waals surface area contributed by atoms with Crippen LogP contribution >= 0.6 is 0 Å². The molecule has 1 fully saturated rings. The summed E-state index contributed by atoms with van der Waals surface area (Å²) in [5, 5.41) is 5.41. The summed E-state index contributed by atoms with van der Waals surface area (Å²) < 4.78 is 21.1. The van der Waals surface area contributed by atoms with Crippen LogP contribution in [0.25, 0.3) is 22.3 Å². The van der Waals surface area contributed by atoms with Crippen molar-refractivity contribution in [3.8, 4) is 22.8 Å². The lowest BCUT2D eigenvalue weighted by Crippen LogP contribution is -2.38. The van der Waals surface area contributed by atoms with Crippen molar-refractivity contribution >= 4 is 22.8 Å². The second kappa shape index (κ2) is 8.93. The fourth-order valence-corrected chi connectivity index (χ4v) is 4.31. The normalized spacial score (nSPS) is 15.6. The maximum Gasteiger partial charge on any atom is 0.282 e. The van der Waals surface area contributed by atoms with Gasteiger partial charge in [0.2, 0.25) is 0 Å². The molecule has 2 N–H and O–H groups in total. The Kier molecular flexibility index (Phi) is 5.67. The van der Waals surface area contributed by atoms with Crippen LogP contribution in [-0.4, -0.2) is 43.1 Å². The standard InChI is InChI=1S/C25H23FN6O2/c1-16(26)25(33)31-13-5-6-18(31)14-32-24-21(23(27)28-15-29-24)22(30-32)17-9-11-20(12-10-17)34-19-7-3-2-4-8-19/h2-4,7-12,15,18H,1,5-6,13-14H2,(H2,27,28,29)/t18-/m1/s1. The van der Waals surface area contributed by atoms with Crippen LogP contribution in [-0.2, 0) is 11.3 Å². The monoisotopic (exact) mass is 458 g/mol. The number of halogens is 1. The Morgan fingerprint density at radius 2 is 1.85 bits per heavy atom. The predicted octanol–water partition coefficient (Wildman–Crippen LogP) is 4.34. The summed E-state index contributed by atoms with van der Waals surface area (Å²) in [5.74, 6) is 0.112. The van der Waals surface area contributed by atoms with Crippen LogP contribution in [0.4, 0.5) is 10.2 Å². The van der Waals surface area contributed by atoms with Gasteiger partial charge >= 0.3 is 0 Å². The molecule has 0 unspecified atom stereocenters. The van der Waals surface area contributed by atoms with Crippen LogP contribution in [0, 0.1) is 0 Å². The Morgan fingerprint density at radius 3 is 2.59 bits per heavy atom. The molecule has 2 aromatic carbocycles. The molecule has 0 spiro atoms. The number of fused-ring (bicyclic) bond motifs is 1. The molecule has 8 nitrogen and oxygen atoms in total. The van der Waals surface area contributed by atoms with Crippen molar-refractivity contribution in [1.82, 2.24) is 24.6 Å². The van der Waals surface area contributed by atoms with Gasteiger partial charge in [-0.2, -0.15) is 5.10 Å². The highest BCUT2D eigenvalue weighted by Gasteiger charge is 2.31. The third-order valence-electron chi connectivity index (χ3n) is 5.92. The summed E-state index contributed by atoms with van der Waals surface area (Å²) in [6, 6.07) is 16.8. The van der Waals surface area contributed by atoms with E-state index in [-0.39, 0.29) is 6.04 Å². The fourth-order valence-electron chi connectivity index (χ4n) is 4.31. The zero-order valence-corrected chi connectivity index (χ0v) is 18.4. The van der Waals surface area contributed by atoms with E-state index in [4.69, 9.17) is 15.6 Å². The molecule has 0 aliphatic carbocycles. The van der Waals surface area contributed by atoms with E-state index in [1.165, 1.54) is 11.2 Å². The molecule has 1 saturated heterocycles. The number of rotatable bonds is 6. The zero-order valence-electron chi connectivity index (χ0n) is 18.4. The van der Waals surface area contributed by atoms with Gasteiger partial charge in [0.25, 0.3) is 5.91 Å². The minimum atomic E-state index is -0.956. The molecule has 1 aliphatic rings. The third-order valence-corrected chi connectivity index (χ3v) is 5.92. The molecule has 172 valence electrons. The summed E-state index contributed by atoms with van der Waals surface area (Å²) in [6.07, 6.45) is 2.91. The van der Waals surface area contributed by atoms with Crippen molar-refractivity contribution in [2.24, 2.45) is 0 Å². The predicted molar refractivity (Wildman–Crippen MR) is 127 cm³/mol. The summed E-state index contributed by atoms with van der Waals surface area (Å²) in [4.78, 5) is 22.3. The molecule has 0 radical (unpaired) electrons. The number of benzene rings is 2. The molecule has 1 amide bonds. The van der Waals surface area contributed by atoms with Crippen LogP contribution in [0.5, 0.6) is 11.5 Å². The number of para-hydroxylation sites is 1. The minimum absolute atomic E-state index is 0.214. The SMILES string of the molecule is C=C(F)C(=O)N1CCC[C@@H]1Cn1nc(-c2ccc(Oc3ccccc3)cc2)c2c(N)ncnc21. The van der Waals surface area contributed by atoms with Crippen molar-refractivity contribution < 1.29 is 13.9 Å². The summed E-state index contributed by atoms with van der Waals surface area (Å²) in [7, 11) is 0. The maximum absolute atomic E-state index is 13.5. The van der Waals surface area contributed by atoms with E-state index in [0.29, 0.717) is 41.4 Å². The quantitative estimate of drug-likeness (QED) is 0.432. The van der Waals surface area contributed by atoms with Gasteiger partial charge in [-0.25, -0.2) is 19.0 Å². The van der Waals surface area contributed by atoms with Crippen molar-refractivity contribution in [1.29, 1.82) is 0 Å². The number of hydrogen-bond acceptors (Lipinski definition) is 6. The smallest absolute Gasteiger partial charge is 0.282 e. The minimum Gasteiger partial charge on any atom is -0.457 e. The van der Waals surface area contributed by atoms with Gasteiger partial charge in [0.1, 0.15) is 29.3 Å². The van der Waals surface area contributed by atoms with Crippen LogP contribution < -0.4 is 10.5 Å². The lowest BCUT2D eigenvalue weighted by Gasteiger charge is -2.23. The maximum atomic E-state index is 13.5. The third kappa shape index (κ3) is 4.07. The Balaban J connectivity index is 1.47. The van der Waals surface area contributed by atoms with Crippen LogP contribution in [0.2, 0.25) is 0 Å². The highest BCUT2D eigenvalue weighted by molar-refractivity contribution is 5.98. The van der Waals surface area contributed by atoms with Gasteiger partial charge in [-0.15, -0.1) is 0 Å². The van der Waals surface area contributed by atoms with Gasteiger partial charge in [-0.1, -0.05) is 24.8 Å². The molecule has 0 bridgehead atoms. The van der Waals surface area contributed by atoms with Gasteiger partial charge in [0.15, 0.2) is 11.5 Å². The molecular formula is C25H23FN6O2. The molecule has 0 saturated carbocycles. The van der Waals surface area contributed by atoms with Gasteiger partial charge in [0, 0.05) is 12.1 Å². The number of carbonyl (C=O) groups is 1. The molecule has 34 heavy (non-hydrogen) atoms. The average Bonchev–Trinajstić information content (AvgIpc) is 3.46. The highest BCUT2D eigenvalue weighted by atomic mass is 19.1. The Hall–Kier alpha value is -4.27. The number of nitrogens with zero attached hydrogens (tertiary/aromatic N) is 5. The second-order valence-electron chi connectivity index (χ2n) is 8.13. The highest BCUT2D eigenvalue weighted by Crippen LogP contribution is 2.33. The number of hydrogen-bond donors (Lipinski definition) is 1.